The minimum Gasteiger partial charge on any atom is -0.257 e. The van der Waals surface area contributed by atoms with Gasteiger partial charge in [-0.15, -0.1) is 0 Å². The summed E-state index contributed by atoms with van der Waals surface area (Å²) >= 11 is 0. The Kier molecular flexibility index (Phi) is 4.52. The lowest BCUT2D eigenvalue weighted by Gasteiger charge is -2.16. The van der Waals surface area contributed by atoms with Gasteiger partial charge in [0.15, 0.2) is 0 Å². The first-order valence-corrected chi connectivity index (χ1v) is 6.77. The molecule has 0 saturated heterocycles. The molecular weight excluding hydrogens is 218 g/mol. The molecule has 1 aliphatic carbocycles. The van der Waals surface area contributed by atoms with Crippen LogP contribution in [0.4, 0.5) is 5.69 Å². The van der Waals surface area contributed by atoms with E-state index in [4.69, 9.17) is 4.99 Å². The molecule has 18 heavy (non-hydrogen) atoms. The molecule has 1 aliphatic rings. The van der Waals surface area contributed by atoms with E-state index in [1.54, 1.807) is 0 Å². The minimum absolute atomic E-state index is 0.481. The smallest absolute Gasteiger partial charge is 0.0658 e. The van der Waals surface area contributed by atoms with Gasteiger partial charge in [0.25, 0.3) is 0 Å². The number of rotatable bonds is 4. The molecule has 0 N–H and O–H groups in total. The maximum atomic E-state index is 4.90. The molecule has 0 fully saturated rings. The second-order valence-corrected chi connectivity index (χ2v) is 4.79. The molecule has 1 heteroatoms. The summed E-state index contributed by atoms with van der Waals surface area (Å²) in [7, 11) is 0. The van der Waals surface area contributed by atoms with Crippen LogP contribution in [0, 0.1) is 12.8 Å². The highest BCUT2D eigenvalue weighted by Gasteiger charge is 2.13. The van der Waals surface area contributed by atoms with Crippen molar-refractivity contribution in [3.63, 3.8) is 0 Å². The zero-order chi connectivity index (χ0) is 12.8. The second kappa shape index (κ2) is 6.34. The molecule has 94 valence electrons. The molecule has 0 aromatic heterocycles. The predicted molar refractivity (Wildman–Crippen MR) is 79.6 cm³/mol. The number of benzene rings is 1. The predicted octanol–water partition coefficient (Wildman–Crippen LogP) is 5.00. The van der Waals surface area contributed by atoms with E-state index in [9.17, 15) is 0 Å². The summed E-state index contributed by atoms with van der Waals surface area (Å²) in [4.78, 5) is 4.90. The molecule has 0 aliphatic heterocycles. The molecule has 0 spiro atoms. The van der Waals surface area contributed by atoms with E-state index in [1.807, 2.05) is 0 Å². The van der Waals surface area contributed by atoms with Crippen molar-refractivity contribution in [2.45, 2.75) is 33.1 Å². The third-order valence-corrected chi connectivity index (χ3v) is 3.29. The van der Waals surface area contributed by atoms with Gasteiger partial charge in [0, 0.05) is 11.6 Å². The highest BCUT2D eigenvalue weighted by Crippen LogP contribution is 2.23. The molecule has 1 nitrogen and oxygen atoms in total. The molecule has 0 radical (unpaired) electrons. The second-order valence-electron chi connectivity index (χ2n) is 4.79. The molecule has 0 heterocycles. The van der Waals surface area contributed by atoms with Crippen molar-refractivity contribution in [2.24, 2.45) is 10.9 Å². The Morgan fingerprint density at radius 2 is 2.11 bits per heavy atom. The number of aryl methyl sites for hydroxylation is 1. The Hall–Kier alpha value is -1.63. The first kappa shape index (κ1) is 12.8. The minimum atomic E-state index is 0.481. The summed E-state index contributed by atoms with van der Waals surface area (Å²) in [6.45, 7) is 4.34. The average molecular weight is 239 g/mol. The summed E-state index contributed by atoms with van der Waals surface area (Å²) in [6.07, 6.45) is 12.1. The molecule has 1 unspecified atom stereocenters. The summed E-state index contributed by atoms with van der Waals surface area (Å²) in [5, 5.41) is 0. The fraction of sp³-hybridized carbons (Fsp3) is 0.353. The standard InChI is InChI=1S/C17H21N/c1-3-9-17(15-11-5-4-6-12-15)18-16-13-8-7-10-14(16)2/h4-8,10-11,13,15H,3,9,12H2,1-2H3. The van der Waals surface area contributed by atoms with E-state index in [0.29, 0.717) is 5.92 Å². The van der Waals surface area contributed by atoms with E-state index in [-0.39, 0.29) is 0 Å². The molecule has 1 aromatic carbocycles. The third-order valence-electron chi connectivity index (χ3n) is 3.29. The van der Waals surface area contributed by atoms with Gasteiger partial charge in [-0.1, -0.05) is 55.8 Å². The topological polar surface area (TPSA) is 12.4 Å². The van der Waals surface area contributed by atoms with Gasteiger partial charge in [0.2, 0.25) is 0 Å². The summed E-state index contributed by atoms with van der Waals surface area (Å²) in [6, 6.07) is 8.36. The first-order chi connectivity index (χ1) is 8.81. The highest BCUT2D eigenvalue weighted by atomic mass is 14.8. The van der Waals surface area contributed by atoms with Crippen LogP contribution in [-0.2, 0) is 0 Å². The van der Waals surface area contributed by atoms with Crippen LogP contribution in [0.15, 0.2) is 53.6 Å². The van der Waals surface area contributed by atoms with Crippen LogP contribution in [0.3, 0.4) is 0 Å². The lowest BCUT2D eigenvalue weighted by Crippen LogP contribution is -2.12. The number of hydrogen-bond acceptors (Lipinski definition) is 1. The van der Waals surface area contributed by atoms with Gasteiger partial charge in [-0.25, -0.2) is 0 Å². The van der Waals surface area contributed by atoms with Crippen molar-refractivity contribution >= 4 is 11.4 Å². The fourth-order valence-corrected chi connectivity index (χ4v) is 2.25. The van der Waals surface area contributed by atoms with Gasteiger partial charge in [-0.3, -0.25) is 4.99 Å². The van der Waals surface area contributed by atoms with E-state index < -0.39 is 0 Å². The largest absolute Gasteiger partial charge is 0.257 e. The molecule has 1 atom stereocenters. The number of hydrogen-bond donors (Lipinski definition) is 0. The van der Waals surface area contributed by atoms with Crippen LogP contribution in [0.5, 0.6) is 0 Å². The zero-order valence-electron chi connectivity index (χ0n) is 11.3. The van der Waals surface area contributed by atoms with Gasteiger partial charge in [0.1, 0.15) is 0 Å². The Labute approximate surface area is 110 Å². The molecule has 1 aromatic rings. The number of allylic oxidation sites excluding steroid dienone is 4. The average Bonchev–Trinajstić information content (AvgIpc) is 2.42. The Morgan fingerprint density at radius 3 is 2.78 bits per heavy atom. The lowest BCUT2D eigenvalue weighted by atomic mass is 9.92. The van der Waals surface area contributed by atoms with E-state index in [0.717, 1.165) is 24.9 Å². The van der Waals surface area contributed by atoms with Crippen LogP contribution >= 0.6 is 0 Å². The van der Waals surface area contributed by atoms with Gasteiger partial charge in [0.05, 0.1) is 5.69 Å². The normalized spacial score (nSPS) is 19.2. The van der Waals surface area contributed by atoms with Crippen LogP contribution in [0.25, 0.3) is 0 Å². The van der Waals surface area contributed by atoms with E-state index in [2.05, 4.69) is 62.4 Å². The lowest BCUT2D eigenvalue weighted by molar-refractivity contribution is 0.822. The maximum Gasteiger partial charge on any atom is 0.0658 e. The van der Waals surface area contributed by atoms with Crippen LogP contribution in [-0.4, -0.2) is 5.71 Å². The van der Waals surface area contributed by atoms with Crippen molar-refractivity contribution < 1.29 is 0 Å². The SMILES string of the molecule is CCCC(=Nc1ccccc1C)C1C=CC=CC1. The molecule has 0 amide bonds. The van der Waals surface area contributed by atoms with Crippen molar-refractivity contribution in [2.75, 3.05) is 0 Å². The number of nitrogens with zero attached hydrogens (tertiary/aromatic N) is 1. The first-order valence-electron chi connectivity index (χ1n) is 6.77. The van der Waals surface area contributed by atoms with Crippen molar-refractivity contribution in [1.29, 1.82) is 0 Å². The van der Waals surface area contributed by atoms with Gasteiger partial charge >= 0.3 is 0 Å². The number of aliphatic imine (C=N–C) groups is 1. The molecule has 0 saturated carbocycles. The quantitative estimate of drug-likeness (QED) is 0.656. The summed E-state index contributed by atoms with van der Waals surface area (Å²) in [5.74, 6) is 0.481. The zero-order valence-corrected chi connectivity index (χ0v) is 11.3. The van der Waals surface area contributed by atoms with Gasteiger partial charge in [-0.2, -0.15) is 0 Å². The number of para-hydroxylation sites is 1. The van der Waals surface area contributed by atoms with Crippen molar-refractivity contribution in [3.05, 3.63) is 54.1 Å². The van der Waals surface area contributed by atoms with Crippen LogP contribution in [0.2, 0.25) is 0 Å². The van der Waals surface area contributed by atoms with E-state index in [1.165, 1.54) is 11.3 Å². The molecule has 0 bridgehead atoms. The Bertz CT molecular complexity index is 480. The highest BCUT2D eigenvalue weighted by molar-refractivity contribution is 5.91. The molecule has 2 rings (SSSR count). The molecular formula is C17H21N. The monoisotopic (exact) mass is 239 g/mol. The fourth-order valence-electron chi connectivity index (χ4n) is 2.25. The van der Waals surface area contributed by atoms with Crippen LogP contribution < -0.4 is 0 Å². The third kappa shape index (κ3) is 3.19. The summed E-state index contributed by atoms with van der Waals surface area (Å²) < 4.78 is 0. The van der Waals surface area contributed by atoms with Crippen molar-refractivity contribution in [3.8, 4) is 0 Å². The van der Waals surface area contributed by atoms with Crippen molar-refractivity contribution in [1.82, 2.24) is 0 Å². The van der Waals surface area contributed by atoms with Gasteiger partial charge < -0.3 is 0 Å². The van der Waals surface area contributed by atoms with E-state index >= 15 is 0 Å². The summed E-state index contributed by atoms with van der Waals surface area (Å²) in [5.41, 5.74) is 3.68. The maximum absolute atomic E-state index is 4.90. The van der Waals surface area contributed by atoms with Crippen LogP contribution in [0.1, 0.15) is 31.7 Å². The van der Waals surface area contributed by atoms with Gasteiger partial charge in [-0.05, 0) is 31.4 Å². The Morgan fingerprint density at radius 1 is 1.28 bits per heavy atom. The Balaban J connectivity index is 2.27.